The molecule has 0 aliphatic heterocycles. The van der Waals surface area contributed by atoms with Gasteiger partial charge in [0, 0.05) is 0 Å². The van der Waals surface area contributed by atoms with Gasteiger partial charge in [0.2, 0.25) is 0 Å². The molecule has 0 amide bonds. The van der Waals surface area contributed by atoms with Crippen LogP contribution in [0.25, 0.3) is 8.96 Å². The second-order valence-electron chi connectivity index (χ2n) is 2.48. The van der Waals surface area contributed by atoms with E-state index in [0.29, 0.717) is 6.61 Å². The van der Waals surface area contributed by atoms with E-state index >= 15 is 0 Å². The average Bonchev–Trinajstić information content (AvgIpc) is 2.61. The Morgan fingerprint density at radius 1 is 1.69 bits per heavy atom. The van der Waals surface area contributed by atoms with Crippen LogP contribution in [0.1, 0.15) is 16.2 Å². The van der Waals surface area contributed by atoms with Crippen molar-refractivity contribution >= 4 is 40.8 Å². The third kappa shape index (κ3) is 1.70. The van der Waals surface area contributed by atoms with Crippen molar-refractivity contribution in [2.24, 2.45) is 0 Å². The Labute approximate surface area is 85.9 Å². The van der Waals surface area contributed by atoms with Gasteiger partial charge in [0.25, 0.3) is 0 Å². The average molecular weight is 259 g/mol. The zero-order chi connectivity index (χ0) is 9.26. The number of carbonyl (C=O) groups excluding carboxylic acids is 1. The van der Waals surface area contributed by atoms with Crippen LogP contribution in [0.15, 0.2) is 17.5 Å². The van der Waals surface area contributed by atoms with E-state index < -0.39 is 0 Å². The van der Waals surface area contributed by atoms with Crippen LogP contribution in [-0.2, 0) is 4.74 Å². The van der Waals surface area contributed by atoms with Gasteiger partial charge >= 0.3 is 85.8 Å². The molecule has 2 nitrogen and oxygen atoms in total. The predicted molar refractivity (Wildman–Crippen MR) is 54.7 cm³/mol. The van der Waals surface area contributed by atoms with Gasteiger partial charge < -0.3 is 0 Å². The molecule has 0 aromatic carbocycles. The number of rotatable bonds is 2. The number of esters is 1. The van der Waals surface area contributed by atoms with Crippen molar-refractivity contribution in [3.63, 3.8) is 0 Å². The normalized spacial score (nSPS) is 10.5. The van der Waals surface area contributed by atoms with E-state index in [2.05, 4.69) is 11.4 Å². The number of hydrogen-bond donors (Lipinski definition) is 0. The molecule has 0 spiro atoms. The van der Waals surface area contributed by atoms with Crippen molar-refractivity contribution < 1.29 is 9.53 Å². The molecule has 68 valence electrons. The molecule has 2 aromatic rings. The van der Waals surface area contributed by atoms with Crippen LogP contribution in [0.2, 0.25) is 0 Å². The molecule has 0 unspecified atom stereocenters. The minimum absolute atomic E-state index is 0.147. The predicted octanol–water partition coefficient (Wildman–Crippen LogP) is 2.13. The fraction of sp³-hybridized carbons (Fsp3) is 0.222. The second kappa shape index (κ2) is 3.66. The first-order valence-corrected chi connectivity index (χ1v) is 6.54. The topological polar surface area (TPSA) is 26.3 Å². The molecular weight excluding hydrogens is 251 g/mol. The van der Waals surface area contributed by atoms with Crippen LogP contribution in [0.3, 0.4) is 0 Å². The molecule has 0 fully saturated rings. The summed E-state index contributed by atoms with van der Waals surface area (Å²) in [5.74, 6) is -0.147. The van der Waals surface area contributed by atoms with Crippen molar-refractivity contribution in [2.75, 3.05) is 6.61 Å². The van der Waals surface area contributed by atoms with Crippen molar-refractivity contribution in [1.82, 2.24) is 0 Å². The molecule has 0 saturated carbocycles. The zero-order valence-electron chi connectivity index (χ0n) is 7.07. The summed E-state index contributed by atoms with van der Waals surface area (Å²) >= 11 is 1.85. The van der Waals surface area contributed by atoms with Gasteiger partial charge in [-0.1, -0.05) is 0 Å². The molecule has 4 heteroatoms. The first-order chi connectivity index (χ1) is 6.31. The SMILES string of the molecule is CCOC(=O)c1cc2sccc2[se]1. The van der Waals surface area contributed by atoms with E-state index in [9.17, 15) is 4.79 Å². The van der Waals surface area contributed by atoms with E-state index in [1.54, 1.807) is 11.3 Å². The standard InChI is InChI=1S/C9H8O2SSe/c1-2-11-9(10)8-5-6-7(13-8)3-4-12-6/h3-5H,2H2,1H3. The van der Waals surface area contributed by atoms with Gasteiger partial charge in [-0.2, -0.15) is 0 Å². The summed E-state index contributed by atoms with van der Waals surface area (Å²) in [6.07, 6.45) is 0. The molecule has 0 aliphatic rings. The Morgan fingerprint density at radius 2 is 2.54 bits per heavy atom. The summed E-state index contributed by atoms with van der Waals surface area (Å²) < 4.78 is 8.31. The Morgan fingerprint density at radius 3 is 3.23 bits per heavy atom. The first-order valence-electron chi connectivity index (χ1n) is 3.95. The van der Waals surface area contributed by atoms with Crippen LogP contribution in [-0.4, -0.2) is 27.1 Å². The van der Waals surface area contributed by atoms with Gasteiger partial charge in [-0.25, -0.2) is 0 Å². The summed E-state index contributed by atoms with van der Waals surface area (Å²) in [5, 5.41) is 2.06. The number of fused-ring (bicyclic) bond motifs is 1. The van der Waals surface area contributed by atoms with Gasteiger partial charge in [-0.3, -0.25) is 0 Å². The molecule has 13 heavy (non-hydrogen) atoms. The molecule has 2 heterocycles. The van der Waals surface area contributed by atoms with Crippen LogP contribution >= 0.6 is 11.3 Å². The molecule has 0 atom stereocenters. The quantitative estimate of drug-likeness (QED) is 0.610. The Kier molecular flexibility index (Phi) is 2.53. The zero-order valence-corrected chi connectivity index (χ0v) is 9.60. The van der Waals surface area contributed by atoms with Crippen molar-refractivity contribution in [3.05, 3.63) is 22.0 Å². The number of ether oxygens (including phenoxy) is 1. The Balaban J connectivity index is 2.34. The Hall–Kier alpha value is -0.571. The first kappa shape index (κ1) is 9.00. The van der Waals surface area contributed by atoms with Crippen molar-refractivity contribution in [1.29, 1.82) is 0 Å². The molecule has 0 aliphatic carbocycles. The molecule has 0 bridgehead atoms. The number of hydrogen-bond acceptors (Lipinski definition) is 3. The van der Waals surface area contributed by atoms with E-state index in [0.717, 1.165) is 4.44 Å². The molecule has 2 rings (SSSR count). The fourth-order valence-electron chi connectivity index (χ4n) is 1.07. The van der Waals surface area contributed by atoms with E-state index in [1.807, 2.05) is 13.0 Å². The van der Waals surface area contributed by atoms with Gasteiger partial charge in [0.1, 0.15) is 0 Å². The third-order valence-corrected chi connectivity index (χ3v) is 5.04. The maximum atomic E-state index is 11.3. The molecular formula is C9H8O2SSe. The minimum atomic E-state index is -0.147. The number of carbonyl (C=O) groups is 1. The number of thiophene rings is 1. The van der Waals surface area contributed by atoms with Crippen LogP contribution in [0.4, 0.5) is 0 Å². The summed E-state index contributed by atoms with van der Waals surface area (Å²) in [6, 6.07) is 4.04. The Bertz CT molecular complexity index is 401. The van der Waals surface area contributed by atoms with Gasteiger partial charge in [-0.15, -0.1) is 0 Å². The summed E-state index contributed by atoms with van der Waals surface area (Å²) in [4.78, 5) is 11.3. The van der Waals surface area contributed by atoms with Crippen molar-refractivity contribution in [2.45, 2.75) is 6.92 Å². The van der Waals surface area contributed by atoms with Crippen molar-refractivity contribution in [3.8, 4) is 0 Å². The molecule has 2 aromatic heterocycles. The molecule has 0 radical (unpaired) electrons. The van der Waals surface area contributed by atoms with Crippen LogP contribution in [0, 0.1) is 0 Å². The van der Waals surface area contributed by atoms with Gasteiger partial charge in [0.05, 0.1) is 0 Å². The summed E-state index contributed by atoms with van der Waals surface area (Å²) in [5.41, 5.74) is 0. The van der Waals surface area contributed by atoms with Gasteiger partial charge in [0.15, 0.2) is 0 Å². The summed E-state index contributed by atoms with van der Waals surface area (Å²) in [7, 11) is 0. The maximum absolute atomic E-state index is 11.3. The van der Waals surface area contributed by atoms with E-state index in [4.69, 9.17) is 4.74 Å². The van der Waals surface area contributed by atoms with Crippen LogP contribution in [0.5, 0.6) is 0 Å². The fourth-order valence-corrected chi connectivity index (χ4v) is 4.46. The molecule has 0 N–H and O–H groups in total. The van der Waals surface area contributed by atoms with Gasteiger partial charge in [-0.05, 0) is 0 Å². The third-order valence-electron chi connectivity index (χ3n) is 1.62. The molecule has 0 saturated heterocycles. The second-order valence-corrected chi connectivity index (χ2v) is 5.70. The van der Waals surface area contributed by atoms with E-state index in [1.165, 1.54) is 8.96 Å². The van der Waals surface area contributed by atoms with Crippen LogP contribution < -0.4 is 0 Å². The van der Waals surface area contributed by atoms with E-state index in [-0.39, 0.29) is 20.5 Å². The monoisotopic (exact) mass is 260 g/mol. The summed E-state index contributed by atoms with van der Waals surface area (Å²) in [6.45, 7) is 2.29.